The molecule has 2 radical (unpaired) electrons. The topological polar surface area (TPSA) is 142 Å². The van der Waals surface area contributed by atoms with E-state index in [1.54, 1.807) is 0 Å². The molecule has 0 aromatic carbocycles. The standard InChI is InChI=1S/2Cu.2Eu.5O/q2*+2;2*+3;5*-2. The minimum absolute atomic E-state index is 0. The van der Waals surface area contributed by atoms with Crippen molar-refractivity contribution in [2.24, 2.45) is 0 Å². The second-order valence-corrected chi connectivity index (χ2v) is 0. The van der Waals surface area contributed by atoms with Crippen molar-refractivity contribution in [3.63, 3.8) is 0 Å². The predicted octanol–water partition coefficient (Wildman–Crippen LogP) is -0.599. The van der Waals surface area contributed by atoms with Crippen LogP contribution in [-0.4, -0.2) is 0 Å². The minimum Gasteiger partial charge on any atom is -2.00 e. The molecule has 0 fully saturated rings. The van der Waals surface area contributed by atoms with E-state index in [9.17, 15) is 0 Å². The molecule has 0 bridgehead atoms. The first kappa shape index (κ1) is 117. The molecule has 0 aliphatic heterocycles. The second kappa shape index (κ2) is 90.6. The summed E-state index contributed by atoms with van der Waals surface area (Å²) in [6.45, 7) is 0. The Kier molecular flexibility index (Phi) is 1180. The van der Waals surface area contributed by atoms with Crippen molar-refractivity contribution in [1.29, 1.82) is 0 Å². The van der Waals surface area contributed by atoms with Crippen LogP contribution in [0.15, 0.2) is 0 Å². The van der Waals surface area contributed by atoms with Gasteiger partial charge in [0, 0.05) is 0 Å². The fraction of sp³-hybridized carbons (Fsp3) is 0. The molecule has 0 atom stereocenters. The van der Waals surface area contributed by atoms with Gasteiger partial charge >= 0.3 is 133 Å². The zero-order valence-electron chi connectivity index (χ0n) is 3.40. The molecule has 0 aliphatic carbocycles. The molecule has 0 amide bonds. The van der Waals surface area contributed by atoms with Crippen molar-refractivity contribution >= 4 is 0 Å². The molecule has 0 saturated carbocycles. The second-order valence-electron chi connectivity index (χ2n) is 0. The van der Waals surface area contributed by atoms with Crippen LogP contribution in [-0.2, 0) is 61.5 Å². The Hall–Kier alpha value is 4.01. The Labute approximate surface area is 156 Å². The quantitative estimate of drug-likeness (QED) is 0.384. The van der Waals surface area contributed by atoms with Gasteiger partial charge in [0.25, 0.3) is 0 Å². The maximum absolute atomic E-state index is 0. The Balaban J connectivity index is 0. The van der Waals surface area contributed by atoms with Crippen LogP contribution in [0, 0.1) is 98.8 Å². The van der Waals surface area contributed by atoms with Gasteiger partial charge in [-0.1, -0.05) is 0 Å². The summed E-state index contributed by atoms with van der Waals surface area (Å²) in [5.74, 6) is 0. The normalized spacial score (nSPS) is 0. The first-order chi connectivity index (χ1) is 0. The monoisotopic (exact) mass is 512 g/mol. The molecule has 0 rings (SSSR count). The van der Waals surface area contributed by atoms with E-state index in [2.05, 4.69) is 0 Å². The summed E-state index contributed by atoms with van der Waals surface area (Å²) < 4.78 is 0. The third kappa shape index (κ3) is 74.9. The molecule has 66 valence electrons. The number of hydrogen-bond acceptors (Lipinski definition) is 0. The van der Waals surface area contributed by atoms with Gasteiger partial charge in [-0.25, -0.2) is 0 Å². The van der Waals surface area contributed by atoms with Crippen LogP contribution in [0.25, 0.3) is 0 Å². The Bertz CT molecular complexity index is 12.9. The van der Waals surface area contributed by atoms with Crippen LogP contribution in [0.5, 0.6) is 0 Å². The molecule has 0 N–H and O–H groups in total. The minimum atomic E-state index is 0. The molecule has 0 aromatic rings. The molecule has 5 nitrogen and oxygen atoms in total. The average Bonchev–Trinajstić information content (AvgIpc) is 0. The number of rotatable bonds is 0. The molecule has 0 saturated heterocycles. The van der Waals surface area contributed by atoms with Crippen molar-refractivity contribution in [3.8, 4) is 0 Å². The van der Waals surface area contributed by atoms with E-state index in [1.165, 1.54) is 0 Å². The molecule has 0 aromatic heterocycles. The molecular weight excluding hydrogens is 511 g/mol. The van der Waals surface area contributed by atoms with E-state index in [1.807, 2.05) is 0 Å². The summed E-state index contributed by atoms with van der Waals surface area (Å²) in [5, 5.41) is 0. The maximum Gasteiger partial charge on any atom is 3.00 e. The van der Waals surface area contributed by atoms with E-state index >= 15 is 0 Å². The van der Waals surface area contributed by atoms with Crippen LogP contribution in [0.2, 0.25) is 0 Å². The van der Waals surface area contributed by atoms with Crippen LogP contribution in [0.1, 0.15) is 0 Å². The number of hydrogen-bond donors (Lipinski definition) is 0. The van der Waals surface area contributed by atoms with Crippen molar-refractivity contribution in [1.82, 2.24) is 0 Å². The fourth-order valence-electron chi connectivity index (χ4n) is 0. The van der Waals surface area contributed by atoms with Crippen LogP contribution in [0.3, 0.4) is 0 Å². The van der Waals surface area contributed by atoms with Gasteiger partial charge in [-0.05, 0) is 0 Å². The maximum atomic E-state index is 0. The Morgan fingerprint density at radius 1 is 0.333 bits per heavy atom. The summed E-state index contributed by atoms with van der Waals surface area (Å²) >= 11 is 0. The molecule has 9 heteroatoms. The van der Waals surface area contributed by atoms with Gasteiger partial charge in [0.15, 0.2) is 0 Å². The van der Waals surface area contributed by atoms with Gasteiger partial charge in [0.05, 0.1) is 0 Å². The molecule has 9 heavy (non-hydrogen) atoms. The van der Waals surface area contributed by atoms with E-state index in [0.29, 0.717) is 0 Å². The van der Waals surface area contributed by atoms with Crippen molar-refractivity contribution < 1.29 is 160 Å². The van der Waals surface area contributed by atoms with E-state index in [0.717, 1.165) is 0 Å². The van der Waals surface area contributed by atoms with Crippen molar-refractivity contribution in [2.75, 3.05) is 0 Å². The first-order valence-electron chi connectivity index (χ1n) is 0. The predicted molar refractivity (Wildman–Crippen MR) is 3.43 cm³/mol. The SMILES string of the molecule is [Cu+2].[Cu+2].[Eu+3].[Eu+3].[O-2].[O-2].[O-2].[O-2].[O-2]. The molecule has 0 heterocycles. The van der Waals surface area contributed by atoms with E-state index in [4.69, 9.17) is 0 Å². The summed E-state index contributed by atoms with van der Waals surface area (Å²) in [5.41, 5.74) is 0. The van der Waals surface area contributed by atoms with Gasteiger partial charge in [0.1, 0.15) is 0 Å². The van der Waals surface area contributed by atoms with Gasteiger partial charge in [0.2, 0.25) is 0 Å². The smallest absolute Gasteiger partial charge is 2.00 e. The van der Waals surface area contributed by atoms with Gasteiger partial charge in [-0.3, -0.25) is 0 Å². The van der Waals surface area contributed by atoms with Gasteiger partial charge in [-0.15, -0.1) is 0 Å². The largest absolute Gasteiger partial charge is 3.00 e. The third-order valence-corrected chi connectivity index (χ3v) is 0. The zero-order chi connectivity index (χ0) is 0. The van der Waals surface area contributed by atoms with Crippen molar-refractivity contribution in [2.45, 2.75) is 0 Å². The van der Waals surface area contributed by atoms with Gasteiger partial charge in [-0.2, -0.15) is 0 Å². The first-order valence-corrected chi connectivity index (χ1v) is 0. The van der Waals surface area contributed by atoms with Crippen LogP contribution in [0.4, 0.5) is 0 Å². The zero-order valence-corrected chi connectivity index (χ0v) is 10.1. The van der Waals surface area contributed by atoms with Gasteiger partial charge < -0.3 is 27.4 Å². The van der Waals surface area contributed by atoms with Crippen LogP contribution < -0.4 is 0 Å². The van der Waals surface area contributed by atoms with Crippen molar-refractivity contribution in [3.05, 3.63) is 0 Å². The summed E-state index contributed by atoms with van der Waals surface area (Å²) in [4.78, 5) is 0. The fourth-order valence-corrected chi connectivity index (χ4v) is 0. The Morgan fingerprint density at radius 2 is 0.333 bits per heavy atom. The molecular formula is Cu2Eu2O5. The summed E-state index contributed by atoms with van der Waals surface area (Å²) in [6, 6.07) is 0. The third-order valence-electron chi connectivity index (χ3n) is 0. The molecule has 0 aliphatic rings. The average molecular weight is 511 g/mol. The van der Waals surface area contributed by atoms with E-state index < -0.39 is 0 Å². The van der Waals surface area contributed by atoms with E-state index in [-0.39, 0.29) is 160 Å². The summed E-state index contributed by atoms with van der Waals surface area (Å²) in [7, 11) is 0. The molecule has 0 unspecified atom stereocenters. The summed E-state index contributed by atoms with van der Waals surface area (Å²) in [6.07, 6.45) is 0. The molecule has 0 spiro atoms. The Morgan fingerprint density at radius 3 is 0.333 bits per heavy atom. The van der Waals surface area contributed by atoms with Crippen LogP contribution >= 0.6 is 0 Å².